The third-order valence-corrected chi connectivity index (χ3v) is 4.46. The van der Waals surface area contributed by atoms with Crippen LogP contribution in [0.4, 0.5) is 0 Å². The second-order valence-corrected chi connectivity index (χ2v) is 5.90. The van der Waals surface area contributed by atoms with Gasteiger partial charge in [-0.15, -0.1) is 5.10 Å². The molecule has 6 heteroatoms. The van der Waals surface area contributed by atoms with Crippen molar-refractivity contribution in [1.29, 1.82) is 0 Å². The van der Waals surface area contributed by atoms with Gasteiger partial charge < -0.3 is 5.73 Å². The van der Waals surface area contributed by atoms with E-state index in [1.54, 1.807) is 0 Å². The molecule has 0 bridgehead atoms. The average molecular weight is 264 g/mol. The molecule has 0 aliphatic heterocycles. The molecule has 0 unspecified atom stereocenters. The Morgan fingerprint density at radius 1 is 1.21 bits per heavy atom. The van der Waals surface area contributed by atoms with Gasteiger partial charge in [-0.3, -0.25) is 4.90 Å². The molecule has 3 rings (SSSR count). The van der Waals surface area contributed by atoms with E-state index in [0.717, 1.165) is 31.8 Å². The van der Waals surface area contributed by atoms with E-state index in [1.165, 1.54) is 25.7 Å². The fourth-order valence-electron chi connectivity index (χ4n) is 3.07. The van der Waals surface area contributed by atoms with Crippen molar-refractivity contribution in [2.75, 3.05) is 6.54 Å². The molecule has 1 aromatic heterocycles. The molecule has 0 aromatic carbocycles. The zero-order chi connectivity index (χ0) is 13.2. The largest absolute Gasteiger partial charge is 0.328 e. The molecule has 0 radical (unpaired) electrons. The fourth-order valence-corrected chi connectivity index (χ4v) is 3.07. The van der Waals surface area contributed by atoms with E-state index in [2.05, 4.69) is 27.3 Å². The first-order valence-corrected chi connectivity index (χ1v) is 7.54. The van der Waals surface area contributed by atoms with E-state index in [9.17, 15) is 0 Å². The first kappa shape index (κ1) is 13.0. The Morgan fingerprint density at radius 3 is 2.58 bits per heavy atom. The molecule has 2 saturated carbocycles. The van der Waals surface area contributed by atoms with Gasteiger partial charge >= 0.3 is 0 Å². The number of rotatable bonds is 5. The van der Waals surface area contributed by atoms with E-state index in [-0.39, 0.29) is 0 Å². The number of nitrogens with two attached hydrogens (primary N) is 1. The zero-order valence-corrected chi connectivity index (χ0v) is 11.7. The molecule has 1 aromatic rings. The van der Waals surface area contributed by atoms with Crippen LogP contribution in [0.15, 0.2) is 0 Å². The molecule has 6 nitrogen and oxygen atoms in total. The zero-order valence-electron chi connectivity index (χ0n) is 11.7. The lowest BCUT2D eigenvalue weighted by Crippen LogP contribution is -2.40. The van der Waals surface area contributed by atoms with Crippen LogP contribution in [0.25, 0.3) is 0 Å². The first-order valence-electron chi connectivity index (χ1n) is 7.54. The molecule has 0 spiro atoms. The van der Waals surface area contributed by atoms with E-state index in [0.29, 0.717) is 18.1 Å². The Balaban J connectivity index is 1.64. The van der Waals surface area contributed by atoms with Crippen LogP contribution < -0.4 is 5.73 Å². The maximum absolute atomic E-state index is 5.99. The first-order chi connectivity index (χ1) is 9.28. The van der Waals surface area contributed by atoms with Crippen LogP contribution in [0, 0.1) is 0 Å². The lowest BCUT2D eigenvalue weighted by molar-refractivity contribution is 0.143. The van der Waals surface area contributed by atoms with Crippen molar-refractivity contribution < 1.29 is 0 Å². The minimum Gasteiger partial charge on any atom is -0.328 e. The quantitative estimate of drug-likeness (QED) is 0.862. The molecule has 2 fully saturated rings. The van der Waals surface area contributed by atoms with Gasteiger partial charge in [0.15, 0.2) is 5.82 Å². The average Bonchev–Trinajstić information content (AvgIpc) is 3.17. The molecule has 0 atom stereocenters. The molecule has 2 aliphatic rings. The van der Waals surface area contributed by atoms with Crippen molar-refractivity contribution in [2.24, 2.45) is 5.73 Å². The number of hydrogen-bond donors (Lipinski definition) is 1. The predicted molar refractivity (Wildman–Crippen MR) is 72.4 cm³/mol. The van der Waals surface area contributed by atoms with Crippen molar-refractivity contribution in [2.45, 2.75) is 70.1 Å². The molecular formula is C13H24N6. The molecule has 2 N–H and O–H groups in total. The monoisotopic (exact) mass is 264 g/mol. The Hall–Kier alpha value is -1.01. The van der Waals surface area contributed by atoms with Gasteiger partial charge in [0.2, 0.25) is 0 Å². The van der Waals surface area contributed by atoms with Gasteiger partial charge in [-0.2, -0.15) is 0 Å². The summed E-state index contributed by atoms with van der Waals surface area (Å²) < 4.78 is 2.03. The van der Waals surface area contributed by atoms with Crippen molar-refractivity contribution in [3.05, 3.63) is 5.82 Å². The summed E-state index contributed by atoms with van der Waals surface area (Å²) in [6.45, 7) is 4.15. The van der Waals surface area contributed by atoms with Gasteiger partial charge in [-0.1, -0.05) is 6.92 Å². The minimum atomic E-state index is 0.409. The van der Waals surface area contributed by atoms with Crippen molar-refractivity contribution in [3.8, 4) is 0 Å². The summed E-state index contributed by atoms with van der Waals surface area (Å²) in [4.78, 5) is 2.51. The van der Waals surface area contributed by atoms with Crippen LogP contribution in [0.5, 0.6) is 0 Å². The van der Waals surface area contributed by atoms with E-state index in [1.807, 2.05) is 4.68 Å². The maximum atomic E-state index is 5.99. The maximum Gasteiger partial charge on any atom is 0.165 e. The summed E-state index contributed by atoms with van der Waals surface area (Å²) in [5.74, 6) is 1.03. The highest BCUT2D eigenvalue weighted by Gasteiger charge is 2.30. The predicted octanol–water partition coefficient (Wildman–Crippen LogP) is 1.10. The highest BCUT2D eigenvalue weighted by atomic mass is 15.6. The van der Waals surface area contributed by atoms with E-state index < -0.39 is 0 Å². The summed E-state index contributed by atoms with van der Waals surface area (Å²) in [7, 11) is 0. The molecule has 0 amide bonds. The van der Waals surface area contributed by atoms with Crippen LogP contribution in [-0.4, -0.2) is 43.7 Å². The van der Waals surface area contributed by atoms with Gasteiger partial charge in [-0.05, 0) is 55.5 Å². The molecule has 106 valence electrons. The standard InChI is InChI=1S/C13H24N6/c1-2-18(11-5-3-10(14)4-6-11)9-13-15-16-17-19(13)12-7-8-12/h10-12H,2-9,14H2,1H3. The smallest absolute Gasteiger partial charge is 0.165 e. The summed E-state index contributed by atoms with van der Waals surface area (Å²) in [6.07, 6.45) is 7.16. The van der Waals surface area contributed by atoms with Crippen LogP contribution in [0.2, 0.25) is 0 Å². The van der Waals surface area contributed by atoms with Crippen LogP contribution >= 0.6 is 0 Å². The third kappa shape index (κ3) is 2.95. The molecular weight excluding hydrogens is 240 g/mol. The highest BCUT2D eigenvalue weighted by Crippen LogP contribution is 2.34. The Morgan fingerprint density at radius 2 is 1.95 bits per heavy atom. The van der Waals surface area contributed by atoms with Crippen LogP contribution in [0.1, 0.15) is 57.3 Å². The molecule has 19 heavy (non-hydrogen) atoms. The minimum absolute atomic E-state index is 0.409. The number of nitrogens with zero attached hydrogens (tertiary/aromatic N) is 5. The number of hydrogen-bond acceptors (Lipinski definition) is 5. The van der Waals surface area contributed by atoms with E-state index in [4.69, 9.17) is 5.73 Å². The summed E-state index contributed by atoms with van der Waals surface area (Å²) in [5, 5.41) is 12.2. The molecule has 2 aliphatic carbocycles. The van der Waals surface area contributed by atoms with Crippen LogP contribution in [0.3, 0.4) is 0 Å². The highest BCUT2D eigenvalue weighted by molar-refractivity contribution is 4.92. The van der Waals surface area contributed by atoms with Gasteiger partial charge in [-0.25, -0.2) is 4.68 Å². The van der Waals surface area contributed by atoms with Crippen molar-refractivity contribution >= 4 is 0 Å². The van der Waals surface area contributed by atoms with Gasteiger partial charge in [0.25, 0.3) is 0 Å². The lowest BCUT2D eigenvalue weighted by Gasteiger charge is -2.35. The third-order valence-electron chi connectivity index (χ3n) is 4.46. The topological polar surface area (TPSA) is 72.9 Å². The van der Waals surface area contributed by atoms with E-state index >= 15 is 0 Å². The SMILES string of the molecule is CCN(Cc1nnnn1C1CC1)C1CCC(N)CC1. The Kier molecular flexibility index (Phi) is 3.79. The molecule has 1 heterocycles. The van der Waals surface area contributed by atoms with Gasteiger partial charge in [0, 0.05) is 12.1 Å². The lowest BCUT2D eigenvalue weighted by atomic mass is 9.91. The Labute approximate surface area is 114 Å². The Bertz CT molecular complexity index is 405. The van der Waals surface area contributed by atoms with Gasteiger partial charge in [0.1, 0.15) is 0 Å². The second-order valence-electron chi connectivity index (χ2n) is 5.90. The number of aromatic nitrogens is 4. The fraction of sp³-hybridized carbons (Fsp3) is 0.923. The normalized spacial score (nSPS) is 27.9. The van der Waals surface area contributed by atoms with Crippen molar-refractivity contribution in [3.63, 3.8) is 0 Å². The van der Waals surface area contributed by atoms with Crippen molar-refractivity contribution in [1.82, 2.24) is 25.1 Å². The summed E-state index contributed by atoms with van der Waals surface area (Å²) >= 11 is 0. The second kappa shape index (κ2) is 5.54. The van der Waals surface area contributed by atoms with Gasteiger partial charge in [0.05, 0.1) is 12.6 Å². The summed E-state index contributed by atoms with van der Waals surface area (Å²) in [6, 6.07) is 1.62. The number of tetrazole rings is 1. The molecule has 0 saturated heterocycles. The summed E-state index contributed by atoms with van der Waals surface area (Å²) in [5.41, 5.74) is 5.99. The van der Waals surface area contributed by atoms with Crippen LogP contribution in [-0.2, 0) is 6.54 Å².